The zero-order chi connectivity index (χ0) is 13.1. The topological polar surface area (TPSA) is 17.4 Å². The van der Waals surface area contributed by atoms with E-state index in [0.29, 0.717) is 6.10 Å². The van der Waals surface area contributed by atoms with Crippen molar-refractivity contribution in [2.24, 2.45) is 0 Å². The number of fused-ring (bicyclic) bond motifs is 1. The highest BCUT2D eigenvalue weighted by Gasteiger charge is 2.18. The van der Waals surface area contributed by atoms with Crippen LogP contribution in [0.3, 0.4) is 0 Å². The van der Waals surface area contributed by atoms with Gasteiger partial charge in [0.15, 0.2) is 0 Å². The van der Waals surface area contributed by atoms with Crippen LogP contribution < -0.4 is 0 Å². The molecule has 0 saturated carbocycles. The van der Waals surface area contributed by atoms with Crippen LogP contribution in [0.15, 0.2) is 36.5 Å². The van der Waals surface area contributed by atoms with Crippen LogP contribution >= 0.6 is 0 Å². The Balaban J connectivity index is 1.58. The van der Waals surface area contributed by atoms with Gasteiger partial charge in [0.1, 0.15) is 0 Å². The Hall–Kier alpha value is -1.32. The molecular formula is C16H22N2O. The molecule has 1 aromatic carbocycles. The van der Waals surface area contributed by atoms with E-state index in [4.69, 9.17) is 4.74 Å². The number of ether oxygens (including phenoxy) is 1. The molecule has 19 heavy (non-hydrogen) atoms. The van der Waals surface area contributed by atoms with E-state index in [1.807, 2.05) is 7.11 Å². The lowest BCUT2D eigenvalue weighted by Crippen LogP contribution is -2.38. The summed E-state index contributed by atoms with van der Waals surface area (Å²) in [7, 11) is 1.83. The van der Waals surface area contributed by atoms with Gasteiger partial charge in [0.05, 0.1) is 6.10 Å². The molecule has 2 heterocycles. The van der Waals surface area contributed by atoms with Crippen molar-refractivity contribution in [1.82, 2.24) is 9.47 Å². The first kappa shape index (κ1) is 12.7. The Morgan fingerprint density at radius 2 is 1.89 bits per heavy atom. The maximum Gasteiger partial charge on any atom is 0.0595 e. The van der Waals surface area contributed by atoms with E-state index in [0.717, 1.165) is 26.2 Å². The maximum atomic E-state index is 5.42. The molecule has 0 radical (unpaired) electrons. The van der Waals surface area contributed by atoms with Gasteiger partial charge in [-0.1, -0.05) is 18.2 Å². The maximum absolute atomic E-state index is 5.42. The van der Waals surface area contributed by atoms with Gasteiger partial charge in [0.25, 0.3) is 0 Å². The summed E-state index contributed by atoms with van der Waals surface area (Å²) in [5.41, 5.74) is 1.34. The Kier molecular flexibility index (Phi) is 3.85. The van der Waals surface area contributed by atoms with E-state index in [-0.39, 0.29) is 0 Å². The first-order valence-corrected chi connectivity index (χ1v) is 7.16. The van der Waals surface area contributed by atoms with Crippen LogP contribution in [0.5, 0.6) is 0 Å². The largest absolute Gasteiger partial charge is 0.381 e. The molecule has 1 saturated heterocycles. The summed E-state index contributed by atoms with van der Waals surface area (Å²) in [5.74, 6) is 0. The van der Waals surface area contributed by atoms with Crippen LogP contribution in [0, 0.1) is 0 Å². The first-order valence-electron chi connectivity index (χ1n) is 7.16. The van der Waals surface area contributed by atoms with E-state index in [2.05, 4.69) is 46.0 Å². The van der Waals surface area contributed by atoms with Gasteiger partial charge in [-0.2, -0.15) is 0 Å². The molecular weight excluding hydrogens is 236 g/mol. The molecule has 0 aliphatic carbocycles. The number of methoxy groups -OCH3 is 1. The highest BCUT2D eigenvalue weighted by atomic mass is 16.5. The standard InChI is InChI=1S/C16H22N2O/c1-19-15-7-9-17(10-8-15)12-13-18-11-6-14-4-2-3-5-16(14)18/h2-6,11,15H,7-10,12-13H2,1H3. The minimum atomic E-state index is 0.476. The number of aromatic nitrogens is 1. The van der Waals surface area contributed by atoms with Crippen LogP contribution in [-0.4, -0.2) is 42.3 Å². The number of piperidine rings is 1. The van der Waals surface area contributed by atoms with Crippen molar-refractivity contribution < 1.29 is 4.74 Å². The van der Waals surface area contributed by atoms with Crippen LogP contribution in [-0.2, 0) is 11.3 Å². The number of benzene rings is 1. The predicted molar refractivity (Wildman–Crippen MR) is 78.4 cm³/mol. The molecule has 3 rings (SSSR count). The van der Waals surface area contributed by atoms with Gasteiger partial charge in [-0.25, -0.2) is 0 Å². The molecule has 102 valence electrons. The third-order valence-corrected chi connectivity index (χ3v) is 4.21. The highest BCUT2D eigenvalue weighted by molar-refractivity contribution is 5.79. The zero-order valence-electron chi connectivity index (χ0n) is 11.6. The minimum Gasteiger partial charge on any atom is -0.381 e. The number of nitrogens with zero attached hydrogens (tertiary/aromatic N) is 2. The molecule has 1 aliphatic rings. The summed E-state index contributed by atoms with van der Waals surface area (Å²) in [5, 5.41) is 1.33. The zero-order valence-corrected chi connectivity index (χ0v) is 11.6. The fraction of sp³-hybridized carbons (Fsp3) is 0.500. The van der Waals surface area contributed by atoms with E-state index in [9.17, 15) is 0 Å². The van der Waals surface area contributed by atoms with Crippen molar-refractivity contribution in [3.63, 3.8) is 0 Å². The molecule has 1 fully saturated rings. The normalized spacial score (nSPS) is 18.2. The second kappa shape index (κ2) is 5.76. The average Bonchev–Trinajstić information content (AvgIpc) is 2.89. The molecule has 2 aromatic rings. The molecule has 0 bridgehead atoms. The monoisotopic (exact) mass is 258 g/mol. The van der Waals surface area contributed by atoms with Gasteiger partial charge < -0.3 is 14.2 Å². The molecule has 0 spiro atoms. The van der Waals surface area contributed by atoms with Gasteiger partial charge in [0.2, 0.25) is 0 Å². The predicted octanol–water partition coefficient (Wildman–Crippen LogP) is 2.75. The van der Waals surface area contributed by atoms with Crippen molar-refractivity contribution in [3.8, 4) is 0 Å². The molecule has 1 aromatic heterocycles. The number of likely N-dealkylation sites (tertiary alicyclic amines) is 1. The fourth-order valence-electron chi connectivity index (χ4n) is 2.95. The van der Waals surface area contributed by atoms with Crippen LogP contribution in [0.2, 0.25) is 0 Å². The summed E-state index contributed by atoms with van der Waals surface area (Å²) >= 11 is 0. The van der Waals surface area contributed by atoms with Crippen LogP contribution in [0.4, 0.5) is 0 Å². The summed E-state index contributed by atoms with van der Waals surface area (Å²) < 4.78 is 7.77. The number of para-hydroxylation sites is 1. The van der Waals surface area contributed by atoms with Crippen molar-refractivity contribution in [2.75, 3.05) is 26.7 Å². The Bertz CT molecular complexity index is 526. The number of rotatable bonds is 4. The molecule has 0 unspecified atom stereocenters. The second-order valence-electron chi connectivity index (χ2n) is 5.34. The Morgan fingerprint density at radius 1 is 1.11 bits per heavy atom. The van der Waals surface area contributed by atoms with Gasteiger partial charge in [-0.3, -0.25) is 0 Å². The molecule has 0 N–H and O–H groups in total. The lowest BCUT2D eigenvalue weighted by molar-refractivity contribution is 0.0403. The SMILES string of the molecule is COC1CCN(CCn2ccc3ccccc32)CC1. The first-order chi connectivity index (χ1) is 9.36. The van der Waals surface area contributed by atoms with Crippen LogP contribution in [0.1, 0.15) is 12.8 Å². The summed E-state index contributed by atoms with van der Waals surface area (Å²) in [4.78, 5) is 2.55. The molecule has 3 heteroatoms. The number of hydrogen-bond donors (Lipinski definition) is 0. The van der Waals surface area contributed by atoms with Crippen LogP contribution in [0.25, 0.3) is 10.9 Å². The molecule has 1 aliphatic heterocycles. The second-order valence-corrected chi connectivity index (χ2v) is 5.34. The summed E-state index contributed by atoms with van der Waals surface area (Å²) in [6, 6.07) is 10.8. The lowest BCUT2D eigenvalue weighted by atomic mass is 10.1. The van der Waals surface area contributed by atoms with Gasteiger partial charge in [-0.05, 0) is 30.4 Å². The van der Waals surface area contributed by atoms with Crippen molar-refractivity contribution >= 4 is 10.9 Å². The Morgan fingerprint density at radius 3 is 2.68 bits per heavy atom. The van der Waals surface area contributed by atoms with Gasteiger partial charge in [-0.15, -0.1) is 0 Å². The summed E-state index contributed by atoms with van der Waals surface area (Å²) in [6.07, 6.45) is 5.02. The van der Waals surface area contributed by atoms with Crippen molar-refractivity contribution in [3.05, 3.63) is 36.5 Å². The third kappa shape index (κ3) is 2.82. The highest BCUT2D eigenvalue weighted by Crippen LogP contribution is 2.16. The van der Waals surface area contributed by atoms with E-state index in [1.54, 1.807) is 0 Å². The van der Waals surface area contributed by atoms with E-state index in [1.165, 1.54) is 23.7 Å². The van der Waals surface area contributed by atoms with E-state index >= 15 is 0 Å². The smallest absolute Gasteiger partial charge is 0.0595 e. The molecule has 0 amide bonds. The average molecular weight is 258 g/mol. The fourth-order valence-corrected chi connectivity index (χ4v) is 2.95. The quantitative estimate of drug-likeness (QED) is 0.839. The van der Waals surface area contributed by atoms with Crippen molar-refractivity contribution in [1.29, 1.82) is 0 Å². The third-order valence-electron chi connectivity index (χ3n) is 4.21. The van der Waals surface area contributed by atoms with Gasteiger partial charge in [0, 0.05) is 45.0 Å². The Labute approximate surface area is 114 Å². The number of hydrogen-bond acceptors (Lipinski definition) is 2. The lowest BCUT2D eigenvalue weighted by Gasteiger charge is -2.31. The van der Waals surface area contributed by atoms with Gasteiger partial charge >= 0.3 is 0 Å². The van der Waals surface area contributed by atoms with Crippen molar-refractivity contribution in [2.45, 2.75) is 25.5 Å². The molecule has 3 nitrogen and oxygen atoms in total. The molecule has 0 atom stereocenters. The summed E-state index contributed by atoms with van der Waals surface area (Å²) in [6.45, 7) is 4.54. The van der Waals surface area contributed by atoms with E-state index < -0.39 is 0 Å². The minimum absolute atomic E-state index is 0.476.